The highest BCUT2D eigenvalue weighted by molar-refractivity contribution is 5.80. The van der Waals surface area contributed by atoms with E-state index in [2.05, 4.69) is 10.4 Å². The van der Waals surface area contributed by atoms with Gasteiger partial charge in [0.25, 0.3) is 0 Å². The highest BCUT2D eigenvalue weighted by Gasteiger charge is 2.28. The summed E-state index contributed by atoms with van der Waals surface area (Å²) in [4.78, 5) is 24.6. The molecule has 21 heavy (non-hydrogen) atoms. The second-order valence-corrected chi connectivity index (χ2v) is 5.46. The molecule has 1 aromatic heterocycles. The van der Waals surface area contributed by atoms with Crippen LogP contribution in [0.2, 0.25) is 0 Å². The zero-order valence-corrected chi connectivity index (χ0v) is 12.3. The van der Waals surface area contributed by atoms with Gasteiger partial charge in [-0.1, -0.05) is 12.8 Å². The summed E-state index contributed by atoms with van der Waals surface area (Å²) in [5.41, 5.74) is 1.04. The predicted molar refractivity (Wildman–Crippen MR) is 76.9 cm³/mol. The van der Waals surface area contributed by atoms with E-state index in [0.717, 1.165) is 31.2 Å². The second kappa shape index (κ2) is 7.10. The molecule has 0 aromatic carbocycles. The van der Waals surface area contributed by atoms with Crippen molar-refractivity contribution in [2.75, 3.05) is 13.1 Å². The summed E-state index contributed by atoms with van der Waals surface area (Å²) in [6.45, 7) is 0.247. The van der Waals surface area contributed by atoms with Crippen molar-refractivity contribution in [1.29, 1.82) is 0 Å². The Bertz CT molecular complexity index is 494. The van der Waals surface area contributed by atoms with E-state index < -0.39 is 5.97 Å². The Balaban J connectivity index is 1.84. The van der Waals surface area contributed by atoms with Crippen molar-refractivity contribution in [3.63, 3.8) is 0 Å². The Morgan fingerprint density at radius 1 is 1.48 bits per heavy atom. The van der Waals surface area contributed by atoms with Crippen molar-refractivity contribution in [3.8, 4) is 0 Å². The Kier molecular flexibility index (Phi) is 5.19. The number of carbonyl (C=O) groups excluding carboxylic acids is 1. The molecule has 7 nitrogen and oxygen atoms in total. The largest absolute Gasteiger partial charge is 0.480 e. The van der Waals surface area contributed by atoms with Crippen LogP contribution in [-0.4, -0.2) is 50.9 Å². The quantitative estimate of drug-likeness (QED) is 0.819. The summed E-state index contributed by atoms with van der Waals surface area (Å²) in [7, 11) is 1.84. The normalized spacial score (nSPS) is 15.1. The minimum atomic E-state index is -0.968. The first kappa shape index (κ1) is 15.3. The number of aromatic nitrogens is 2. The van der Waals surface area contributed by atoms with Gasteiger partial charge < -0.3 is 15.3 Å². The molecule has 0 spiro atoms. The smallest absolute Gasteiger partial charge is 0.323 e. The number of carbonyl (C=O) groups is 2. The van der Waals surface area contributed by atoms with Gasteiger partial charge in [0.05, 0.1) is 6.20 Å². The molecule has 0 aliphatic heterocycles. The molecule has 2 rings (SSSR count). The van der Waals surface area contributed by atoms with E-state index >= 15 is 0 Å². The van der Waals surface area contributed by atoms with Crippen LogP contribution in [0.4, 0.5) is 4.79 Å². The number of carboxylic acids is 1. The van der Waals surface area contributed by atoms with Gasteiger partial charge in [-0.15, -0.1) is 0 Å². The zero-order valence-electron chi connectivity index (χ0n) is 12.3. The van der Waals surface area contributed by atoms with Gasteiger partial charge >= 0.3 is 12.0 Å². The van der Waals surface area contributed by atoms with Crippen LogP contribution in [-0.2, 0) is 18.3 Å². The van der Waals surface area contributed by atoms with Crippen LogP contribution in [0.1, 0.15) is 31.2 Å². The van der Waals surface area contributed by atoms with E-state index in [0.29, 0.717) is 13.0 Å². The lowest BCUT2D eigenvalue weighted by Crippen LogP contribution is -2.48. The third kappa shape index (κ3) is 4.47. The van der Waals surface area contributed by atoms with Crippen LogP contribution in [0.25, 0.3) is 0 Å². The number of hydrogen-bond donors (Lipinski definition) is 2. The number of urea groups is 1. The Hall–Kier alpha value is -2.05. The molecule has 1 aliphatic rings. The van der Waals surface area contributed by atoms with Crippen LogP contribution < -0.4 is 5.32 Å². The summed E-state index contributed by atoms with van der Waals surface area (Å²) in [5, 5.41) is 15.8. The average Bonchev–Trinajstić information content (AvgIpc) is 3.07. The van der Waals surface area contributed by atoms with E-state index in [1.165, 1.54) is 4.90 Å². The van der Waals surface area contributed by atoms with E-state index in [1.54, 1.807) is 10.9 Å². The van der Waals surface area contributed by atoms with E-state index in [4.69, 9.17) is 5.11 Å². The number of nitrogens with one attached hydrogen (secondary N) is 1. The Morgan fingerprint density at radius 2 is 2.19 bits per heavy atom. The lowest BCUT2D eigenvalue weighted by atomic mass is 10.2. The number of hydrogen-bond acceptors (Lipinski definition) is 3. The summed E-state index contributed by atoms with van der Waals surface area (Å²) in [6.07, 6.45) is 8.25. The van der Waals surface area contributed by atoms with E-state index in [-0.39, 0.29) is 18.6 Å². The van der Waals surface area contributed by atoms with Gasteiger partial charge in [0, 0.05) is 25.8 Å². The molecule has 0 radical (unpaired) electrons. The van der Waals surface area contributed by atoms with Gasteiger partial charge in [0.1, 0.15) is 6.54 Å². The summed E-state index contributed by atoms with van der Waals surface area (Å²) in [6, 6.07) is -0.229. The van der Waals surface area contributed by atoms with Gasteiger partial charge in [0.2, 0.25) is 0 Å². The predicted octanol–water partition coefficient (Wildman–Crippen LogP) is 1.00. The molecule has 1 heterocycles. The summed E-state index contributed by atoms with van der Waals surface area (Å²) in [5.74, 6) is -0.968. The van der Waals surface area contributed by atoms with Crippen molar-refractivity contribution in [2.24, 2.45) is 7.05 Å². The second-order valence-electron chi connectivity index (χ2n) is 5.46. The van der Waals surface area contributed by atoms with Gasteiger partial charge in [-0.3, -0.25) is 9.48 Å². The number of nitrogens with zero attached hydrogens (tertiary/aromatic N) is 3. The minimum Gasteiger partial charge on any atom is -0.480 e. The molecule has 0 bridgehead atoms. The third-order valence-electron chi connectivity index (χ3n) is 3.78. The average molecular weight is 294 g/mol. The van der Waals surface area contributed by atoms with Crippen molar-refractivity contribution in [1.82, 2.24) is 20.0 Å². The van der Waals surface area contributed by atoms with Crippen molar-refractivity contribution in [2.45, 2.75) is 38.1 Å². The molecule has 0 saturated heterocycles. The van der Waals surface area contributed by atoms with Gasteiger partial charge in [-0.25, -0.2) is 4.79 Å². The van der Waals surface area contributed by atoms with Crippen LogP contribution in [0.3, 0.4) is 0 Å². The molecule has 2 amide bonds. The Labute approximate surface area is 123 Å². The molecule has 1 aliphatic carbocycles. The van der Waals surface area contributed by atoms with Crippen molar-refractivity contribution in [3.05, 3.63) is 18.0 Å². The van der Waals surface area contributed by atoms with Gasteiger partial charge in [-0.05, 0) is 24.8 Å². The van der Waals surface area contributed by atoms with Gasteiger partial charge in [0.15, 0.2) is 0 Å². The molecule has 1 aromatic rings. The number of rotatable bonds is 6. The summed E-state index contributed by atoms with van der Waals surface area (Å²) >= 11 is 0. The number of carboxylic acid groups (broad SMARTS) is 1. The summed E-state index contributed by atoms with van der Waals surface area (Å²) < 4.78 is 1.71. The highest BCUT2D eigenvalue weighted by atomic mass is 16.4. The van der Waals surface area contributed by atoms with E-state index in [9.17, 15) is 9.59 Å². The van der Waals surface area contributed by atoms with Crippen LogP contribution in [0, 0.1) is 0 Å². The number of aliphatic carboxylic acids is 1. The van der Waals surface area contributed by atoms with Crippen LogP contribution in [0.5, 0.6) is 0 Å². The maximum Gasteiger partial charge on any atom is 0.323 e. The fourth-order valence-corrected chi connectivity index (χ4v) is 2.74. The first-order chi connectivity index (χ1) is 10.1. The number of aryl methyl sites for hydroxylation is 1. The minimum absolute atomic E-state index is 0.0551. The van der Waals surface area contributed by atoms with Crippen LogP contribution >= 0.6 is 0 Å². The maximum atomic E-state index is 12.2. The standard InChI is InChI=1S/C14H22N4O3/c1-17-9-11(8-16-17)6-7-15-14(21)18(10-13(19)20)12-4-2-3-5-12/h8-9,12H,2-7,10H2,1H3,(H,15,21)(H,19,20). The lowest BCUT2D eigenvalue weighted by molar-refractivity contribution is -0.138. The van der Waals surface area contributed by atoms with Crippen LogP contribution in [0.15, 0.2) is 12.4 Å². The molecular weight excluding hydrogens is 272 g/mol. The highest BCUT2D eigenvalue weighted by Crippen LogP contribution is 2.23. The third-order valence-corrected chi connectivity index (χ3v) is 3.78. The molecule has 0 atom stereocenters. The fourth-order valence-electron chi connectivity index (χ4n) is 2.74. The molecule has 7 heteroatoms. The lowest BCUT2D eigenvalue weighted by Gasteiger charge is -2.27. The Morgan fingerprint density at radius 3 is 2.76 bits per heavy atom. The number of amides is 2. The topological polar surface area (TPSA) is 87.5 Å². The van der Waals surface area contributed by atoms with Crippen molar-refractivity contribution >= 4 is 12.0 Å². The molecule has 116 valence electrons. The first-order valence-electron chi connectivity index (χ1n) is 7.30. The molecule has 1 saturated carbocycles. The first-order valence-corrected chi connectivity index (χ1v) is 7.30. The van der Waals surface area contributed by atoms with Gasteiger partial charge in [-0.2, -0.15) is 5.10 Å². The van der Waals surface area contributed by atoms with Crippen molar-refractivity contribution < 1.29 is 14.7 Å². The van der Waals surface area contributed by atoms with E-state index in [1.807, 2.05) is 13.2 Å². The zero-order chi connectivity index (χ0) is 15.2. The molecule has 2 N–H and O–H groups in total. The molecule has 1 fully saturated rings. The monoisotopic (exact) mass is 294 g/mol. The molecular formula is C14H22N4O3. The SMILES string of the molecule is Cn1cc(CCNC(=O)N(CC(=O)O)C2CCCC2)cn1. The molecule has 0 unspecified atom stereocenters. The maximum absolute atomic E-state index is 12.2. The fraction of sp³-hybridized carbons (Fsp3) is 0.643.